The zero-order valence-electron chi connectivity index (χ0n) is 11.1. The van der Waals surface area contributed by atoms with Gasteiger partial charge in [0.25, 0.3) is 0 Å². The van der Waals surface area contributed by atoms with Crippen molar-refractivity contribution < 1.29 is 24.5 Å². The van der Waals surface area contributed by atoms with Gasteiger partial charge in [0.1, 0.15) is 5.41 Å². The van der Waals surface area contributed by atoms with Crippen LogP contribution in [-0.2, 0) is 14.3 Å². The van der Waals surface area contributed by atoms with Crippen molar-refractivity contribution in [3.63, 3.8) is 0 Å². The summed E-state index contributed by atoms with van der Waals surface area (Å²) in [5.41, 5.74) is -2.20. The normalized spacial score (nSPS) is 30.8. The van der Waals surface area contributed by atoms with Gasteiger partial charge >= 0.3 is 11.9 Å². The molecule has 0 aromatic rings. The van der Waals surface area contributed by atoms with Crippen LogP contribution in [0.15, 0.2) is 10.6 Å². The third kappa shape index (κ3) is 3.17. The van der Waals surface area contributed by atoms with Gasteiger partial charge in [0.15, 0.2) is 0 Å². The van der Waals surface area contributed by atoms with Gasteiger partial charge in [-0.15, -0.1) is 0 Å². The number of hydrogen-bond acceptors (Lipinski definition) is 3. The third-order valence-corrected chi connectivity index (χ3v) is 4.84. The summed E-state index contributed by atoms with van der Waals surface area (Å²) in [6.07, 6.45) is 3.03. The molecule has 108 valence electrons. The van der Waals surface area contributed by atoms with E-state index in [0.717, 1.165) is 0 Å². The predicted molar refractivity (Wildman–Crippen MR) is 73.2 cm³/mol. The maximum Gasteiger partial charge on any atom is 0.314 e. The fourth-order valence-corrected chi connectivity index (χ4v) is 3.18. The molecular formula is C13H19BrO5. The minimum atomic E-state index is -1.16. The standard InChI is InChI=1S/C13H19BrO5/c1-12(10(15)16)6-4-9(14)13(8-12,11(17)18)5-3-7-19-2/h4H,3,5-8H2,1-2H3,(H,15,16)(H,17,18). The molecule has 2 unspecified atom stereocenters. The van der Waals surface area contributed by atoms with Gasteiger partial charge < -0.3 is 14.9 Å². The lowest BCUT2D eigenvalue weighted by Crippen LogP contribution is -2.43. The van der Waals surface area contributed by atoms with Gasteiger partial charge in [-0.05, 0) is 32.6 Å². The molecule has 1 aliphatic carbocycles. The van der Waals surface area contributed by atoms with Gasteiger partial charge in [-0.2, -0.15) is 0 Å². The molecule has 0 bridgehead atoms. The van der Waals surface area contributed by atoms with Gasteiger partial charge in [0.05, 0.1) is 5.41 Å². The second-order valence-electron chi connectivity index (χ2n) is 5.28. The highest BCUT2D eigenvalue weighted by Gasteiger charge is 2.51. The number of halogens is 1. The van der Waals surface area contributed by atoms with E-state index in [2.05, 4.69) is 15.9 Å². The number of allylic oxidation sites excluding steroid dienone is 1. The largest absolute Gasteiger partial charge is 0.481 e. The highest BCUT2D eigenvalue weighted by Crippen LogP contribution is 2.51. The second-order valence-corrected chi connectivity index (χ2v) is 6.14. The third-order valence-electron chi connectivity index (χ3n) is 3.76. The molecule has 0 aliphatic heterocycles. The van der Waals surface area contributed by atoms with E-state index in [4.69, 9.17) is 4.74 Å². The first kappa shape index (κ1) is 16.2. The van der Waals surface area contributed by atoms with Crippen molar-refractivity contribution in [3.05, 3.63) is 10.6 Å². The number of carboxylic acids is 2. The highest BCUT2D eigenvalue weighted by atomic mass is 79.9. The molecule has 0 saturated carbocycles. The minimum absolute atomic E-state index is 0.0888. The molecule has 0 aromatic heterocycles. The van der Waals surface area contributed by atoms with Crippen LogP contribution in [0.2, 0.25) is 0 Å². The first-order valence-corrected chi connectivity index (χ1v) is 6.90. The molecule has 0 saturated heterocycles. The Kier molecular flexibility index (Phi) is 5.15. The van der Waals surface area contributed by atoms with Crippen LogP contribution in [0.4, 0.5) is 0 Å². The Labute approximate surface area is 120 Å². The number of carboxylic acid groups (broad SMARTS) is 2. The molecule has 0 radical (unpaired) electrons. The van der Waals surface area contributed by atoms with E-state index in [1.165, 1.54) is 0 Å². The van der Waals surface area contributed by atoms with Gasteiger partial charge in [0, 0.05) is 18.2 Å². The molecule has 0 fully saturated rings. The number of rotatable bonds is 6. The van der Waals surface area contributed by atoms with Crippen molar-refractivity contribution in [3.8, 4) is 0 Å². The van der Waals surface area contributed by atoms with Crippen molar-refractivity contribution in [2.24, 2.45) is 10.8 Å². The zero-order chi connectivity index (χ0) is 14.7. The van der Waals surface area contributed by atoms with Crippen LogP contribution < -0.4 is 0 Å². The van der Waals surface area contributed by atoms with Crippen LogP contribution in [0.5, 0.6) is 0 Å². The molecule has 1 aliphatic rings. The number of carbonyl (C=O) groups is 2. The van der Waals surface area contributed by atoms with Gasteiger partial charge in [-0.1, -0.05) is 22.0 Å². The van der Waals surface area contributed by atoms with E-state index >= 15 is 0 Å². The average molecular weight is 335 g/mol. The summed E-state index contributed by atoms with van der Waals surface area (Å²) in [6.45, 7) is 2.05. The summed E-state index contributed by atoms with van der Waals surface area (Å²) < 4.78 is 5.52. The first-order valence-electron chi connectivity index (χ1n) is 6.10. The molecule has 1 rings (SSSR count). The van der Waals surface area contributed by atoms with Crippen molar-refractivity contribution in [2.45, 2.75) is 32.6 Å². The summed E-state index contributed by atoms with van der Waals surface area (Å²) in [4.78, 5) is 23.0. The Morgan fingerprint density at radius 1 is 1.42 bits per heavy atom. The topological polar surface area (TPSA) is 83.8 Å². The predicted octanol–water partition coefficient (Wildman–Crippen LogP) is 2.65. The van der Waals surface area contributed by atoms with Crippen molar-refractivity contribution in [1.29, 1.82) is 0 Å². The maximum absolute atomic E-state index is 11.7. The molecule has 0 heterocycles. The first-order chi connectivity index (χ1) is 8.78. The Morgan fingerprint density at radius 2 is 2.05 bits per heavy atom. The Morgan fingerprint density at radius 3 is 2.53 bits per heavy atom. The second kappa shape index (κ2) is 6.05. The van der Waals surface area contributed by atoms with E-state index in [9.17, 15) is 19.8 Å². The molecule has 0 aromatic carbocycles. The fourth-order valence-electron chi connectivity index (χ4n) is 2.51. The Balaban J connectivity index is 3.07. The van der Waals surface area contributed by atoms with E-state index in [0.29, 0.717) is 30.4 Å². The molecule has 19 heavy (non-hydrogen) atoms. The summed E-state index contributed by atoms with van der Waals surface area (Å²) in [6, 6.07) is 0. The molecule has 0 amide bonds. The van der Waals surface area contributed by atoms with Gasteiger partial charge in [-0.25, -0.2) is 0 Å². The lowest BCUT2D eigenvalue weighted by Gasteiger charge is -2.40. The lowest BCUT2D eigenvalue weighted by atomic mass is 9.64. The summed E-state index contributed by atoms with van der Waals surface area (Å²) in [5, 5.41) is 18.9. The smallest absolute Gasteiger partial charge is 0.314 e. The van der Waals surface area contributed by atoms with Crippen molar-refractivity contribution in [2.75, 3.05) is 13.7 Å². The Hall–Kier alpha value is -0.880. The van der Waals surface area contributed by atoms with Gasteiger partial charge in [-0.3, -0.25) is 9.59 Å². The van der Waals surface area contributed by atoms with Crippen LogP contribution in [-0.4, -0.2) is 35.9 Å². The maximum atomic E-state index is 11.7. The zero-order valence-corrected chi connectivity index (χ0v) is 12.7. The molecule has 2 atom stereocenters. The SMILES string of the molecule is COCCCC1(C(=O)O)CC(C)(C(=O)O)CC=C1Br. The monoisotopic (exact) mass is 334 g/mol. The molecule has 0 spiro atoms. The van der Waals surface area contributed by atoms with Crippen LogP contribution >= 0.6 is 15.9 Å². The number of hydrogen-bond donors (Lipinski definition) is 2. The van der Waals surface area contributed by atoms with Crippen LogP contribution in [0, 0.1) is 10.8 Å². The molecule has 5 nitrogen and oxygen atoms in total. The number of aliphatic carboxylic acids is 2. The average Bonchev–Trinajstić information content (AvgIpc) is 2.33. The molecule has 2 N–H and O–H groups in total. The van der Waals surface area contributed by atoms with E-state index in [1.54, 1.807) is 20.1 Å². The van der Waals surface area contributed by atoms with E-state index < -0.39 is 22.8 Å². The van der Waals surface area contributed by atoms with Crippen LogP contribution in [0.25, 0.3) is 0 Å². The Bertz CT molecular complexity index is 406. The van der Waals surface area contributed by atoms with Crippen LogP contribution in [0.1, 0.15) is 32.6 Å². The minimum Gasteiger partial charge on any atom is -0.481 e. The van der Waals surface area contributed by atoms with E-state index in [1.807, 2.05) is 0 Å². The molecular weight excluding hydrogens is 316 g/mol. The van der Waals surface area contributed by atoms with Crippen molar-refractivity contribution in [1.82, 2.24) is 0 Å². The van der Waals surface area contributed by atoms with Crippen LogP contribution in [0.3, 0.4) is 0 Å². The number of methoxy groups -OCH3 is 1. The highest BCUT2D eigenvalue weighted by molar-refractivity contribution is 9.11. The van der Waals surface area contributed by atoms with Gasteiger partial charge in [0.2, 0.25) is 0 Å². The fraction of sp³-hybridized carbons (Fsp3) is 0.692. The molecule has 6 heteroatoms. The quantitative estimate of drug-likeness (QED) is 0.729. The summed E-state index contributed by atoms with van der Waals surface area (Å²) >= 11 is 3.31. The van der Waals surface area contributed by atoms with Crippen molar-refractivity contribution >= 4 is 27.9 Å². The summed E-state index contributed by atoms with van der Waals surface area (Å²) in [7, 11) is 1.56. The number of ether oxygens (including phenoxy) is 1. The summed E-state index contributed by atoms with van der Waals surface area (Å²) in [5.74, 6) is -1.94. The van der Waals surface area contributed by atoms with E-state index in [-0.39, 0.29) is 6.42 Å². The lowest BCUT2D eigenvalue weighted by molar-refractivity contribution is -0.156.